The molecule has 1 aliphatic carbocycles. The maximum atomic E-state index is 11.0. The van der Waals surface area contributed by atoms with E-state index in [4.69, 9.17) is 5.11 Å². The fraction of sp³-hybridized carbons (Fsp3) is 0.588. The van der Waals surface area contributed by atoms with Crippen molar-refractivity contribution in [3.05, 3.63) is 29.8 Å². The van der Waals surface area contributed by atoms with Gasteiger partial charge in [-0.2, -0.15) is 0 Å². The van der Waals surface area contributed by atoms with E-state index >= 15 is 0 Å². The molecule has 1 aromatic rings. The quantitative estimate of drug-likeness (QED) is 0.887. The van der Waals surface area contributed by atoms with Gasteiger partial charge in [-0.3, -0.25) is 0 Å². The molecule has 0 spiro atoms. The summed E-state index contributed by atoms with van der Waals surface area (Å²) >= 11 is 0. The number of carboxylic acids is 1. The van der Waals surface area contributed by atoms with Gasteiger partial charge in [0.1, 0.15) is 0 Å². The molecule has 20 heavy (non-hydrogen) atoms. The van der Waals surface area contributed by atoms with Crippen LogP contribution in [0.2, 0.25) is 0 Å². The first-order valence-corrected chi connectivity index (χ1v) is 7.78. The van der Waals surface area contributed by atoms with Crippen LogP contribution >= 0.6 is 0 Å². The number of fused-ring (bicyclic) bond motifs is 1. The van der Waals surface area contributed by atoms with E-state index in [-0.39, 0.29) is 0 Å². The number of anilines is 1. The van der Waals surface area contributed by atoms with Gasteiger partial charge >= 0.3 is 5.97 Å². The zero-order chi connectivity index (χ0) is 14.1. The molecule has 0 radical (unpaired) electrons. The largest absolute Gasteiger partial charge is 0.478 e. The Morgan fingerprint density at radius 3 is 2.55 bits per heavy atom. The Balaban J connectivity index is 1.85. The number of hydrogen-bond donors (Lipinski definition) is 1. The van der Waals surface area contributed by atoms with E-state index < -0.39 is 5.97 Å². The second-order valence-corrected chi connectivity index (χ2v) is 6.31. The van der Waals surface area contributed by atoms with E-state index in [1.165, 1.54) is 44.2 Å². The lowest BCUT2D eigenvalue weighted by Gasteiger charge is -2.32. The summed E-state index contributed by atoms with van der Waals surface area (Å²) in [6.07, 6.45) is 8.00. The van der Waals surface area contributed by atoms with Crippen molar-refractivity contribution in [1.82, 2.24) is 0 Å². The molecule has 1 aliphatic heterocycles. The fourth-order valence-corrected chi connectivity index (χ4v) is 4.11. The molecule has 108 valence electrons. The molecule has 3 rings (SSSR count). The number of nitrogens with zero attached hydrogens (tertiary/aromatic N) is 1. The topological polar surface area (TPSA) is 40.5 Å². The van der Waals surface area contributed by atoms with Crippen molar-refractivity contribution in [3.63, 3.8) is 0 Å². The molecule has 1 heterocycles. The van der Waals surface area contributed by atoms with Crippen LogP contribution in [0.15, 0.2) is 24.3 Å². The van der Waals surface area contributed by atoms with Gasteiger partial charge in [-0.1, -0.05) is 19.3 Å². The minimum absolute atomic E-state index is 0.373. The van der Waals surface area contributed by atoms with E-state index in [0.717, 1.165) is 5.92 Å². The van der Waals surface area contributed by atoms with Crippen LogP contribution in [0, 0.1) is 5.92 Å². The monoisotopic (exact) mass is 273 g/mol. The predicted octanol–water partition coefficient (Wildman–Crippen LogP) is 3.93. The highest BCUT2D eigenvalue weighted by Gasteiger charge is 2.39. The van der Waals surface area contributed by atoms with E-state index in [2.05, 4.69) is 11.8 Å². The van der Waals surface area contributed by atoms with Gasteiger partial charge in [0.25, 0.3) is 0 Å². The molecule has 2 fully saturated rings. The van der Waals surface area contributed by atoms with Crippen molar-refractivity contribution >= 4 is 11.7 Å². The third-order valence-corrected chi connectivity index (χ3v) is 5.01. The first kappa shape index (κ1) is 13.5. The van der Waals surface area contributed by atoms with Crippen LogP contribution in [0.4, 0.5) is 5.69 Å². The molecular formula is C17H23NO2. The SMILES string of the molecule is CC1CC2CCCCCC2N1c1ccc(C(=O)O)cc1. The minimum Gasteiger partial charge on any atom is -0.478 e. The molecule has 3 nitrogen and oxygen atoms in total. The standard InChI is InChI=1S/C17H23NO2/c1-12-11-14-5-3-2-4-6-16(14)18(12)15-9-7-13(8-10-15)17(19)20/h7-10,12,14,16H,2-6,11H2,1H3,(H,19,20). The van der Waals surface area contributed by atoms with E-state index in [0.29, 0.717) is 17.6 Å². The Morgan fingerprint density at radius 2 is 1.85 bits per heavy atom. The summed E-state index contributed by atoms with van der Waals surface area (Å²) in [5.41, 5.74) is 1.56. The Hall–Kier alpha value is -1.51. The van der Waals surface area contributed by atoms with Crippen molar-refractivity contribution in [3.8, 4) is 0 Å². The molecule has 0 amide bonds. The molecule has 1 N–H and O–H groups in total. The number of aromatic carboxylic acids is 1. The molecular weight excluding hydrogens is 250 g/mol. The molecule has 1 saturated carbocycles. The maximum absolute atomic E-state index is 11.0. The van der Waals surface area contributed by atoms with Crippen molar-refractivity contribution in [2.24, 2.45) is 5.92 Å². The van der Waals surface area contributed by atoms with Gasteiger partial charge in [0.2, 0.25) is 0 Å². The second-order valence-electron chi connectivity index (χ2n) is 6.31. The first-order chi connectivity index (χ1) is 9.66. The van der Waals surface area contributed by atoms with Crippen molar-refractivity contribution < 1.29 is 9.90 Å². The highest BCUT2D eigenvalue weighted by molar-refractivity contribution is 5.88. The summed E-state index contributed by atoms with van der Waals surface area (Å²) in [5.74, 6) is -0.0231. The normalized spacial score (nSPS) is 29.9. The van der Waals surface area contributed by atoms with E-state index in [9.17, 15) is 4.79 Å². The second kappa shape index (κ2) is 5.47. The zero-order valence-electron chi connectivity index (χ0n) is 12.1. The lowest BCUT2D eigenvalue weighted by atomic mass is 9.94. The zero-order valence-corrected chi connectivity index (χ0v) is 12.1. The molecule has 1 aromatic carbocycles. The third-order valence-electron chi connectivity index (χ3n) is 5.01. The molecule has 3 unspecified atom stereocenters. The fourth-order valence-electron chi connectivity index (χ4n) is 4.11. The summed E-state index contributed by atoms with van der Waals surface area (Å²) in [7, 11) is 0. The Morgan fingerprint density at radius 1 is 1.15 bits per heavy atom. The van der Waals surface area contributed by atoms with Gasteiger partial charge in [-0.15, -0.1) is 0 Å². The van der Waals surface area contributed by atoms with Crippen LogP contribution in [0.3, 0.4) is 0 Å². The Kier molecular flexibility index (Phi) is 3.68. The first-order valence-electron chi connectivity index (χ1n) is 7.78. The van der Waals surface area contributed by atoms with Crippen molar-refractivity contribution in [2.75, 3.05) is 4.90 Å². The summed E-state index contributed by atoms with van der Waals surface area (Å²) in [4.78, 5) is 13.5. The van der Waals surface area contributed by atoms with Gasteiger partial charge in [0.15, 0.2) is 0 Å². The minimum atomic E-state index is -0.849. The predicted molar refractivity (Wildman–Crippen MR) is 80.3 cm³/mol. The molecule has 1 saturated heterocycles. The van der Waals surface area contributed by atoms with E-state index in [1.54, 1.807) is 12.1 Å². The number of hydrogen-bond acceptors (Lipinski definition) is 2. The molecule has 0 bridgehead atoms. The number of rotatable bonds is 2. The van der Waals surface area contributed by atoms with Crippen molar-refractivity contribution in [1.29, 1.82) is 0 Å². The van der Waals surface area contributed by atoms with Crippen molar-refractivity contribution in [2.45, 2.75) is 57.5 Å². The van der Waals surface area contributed by atoms with E-state index in [1.807, 2.05) is 12.1 Å². The lowest BCUT2D eigenvalue weighted by Crippen LogP contribution is -2.36. The highest BCUT2D eigenvalue weighted by atomic mass is 16.4. The van der Waals surface area contributed by atoms with Gasteiger partial charge in [0.05, 0.1) is 5.56 Å². The number of carboxylic acid groups (broad SMARTS) is 1. The average molecular weight is 273 g/mol. The number of carbonyl (C=O) groups is 1. The smallest absolute Gasteiger partial charge is 0.335 e. The average Bonchev–Trinajstić information content (AvgIpc) is 2.60. The summed E-state index contributed by atoms with van der Waals surface area (Å²) in [6, 6.07) is 8.64. The summed E-state index contributed by atoms with van der Waals surface area (Å²) < 4.78 is 0. The number of benzene rings is 1. The lowest BCUT2D eigenvalue weighted by molar-refractivity contribution is 0.0697. The Labute approximate surface area is 120 Å². The van der Waals surface area contributed by atoms with Crippen LogP contribution in [-0.2, 0) is 0 Å². The third kappa shape index (κ3) is 2.41. The molecule has 3 atom stereocenters. The highest BCUT2D eigenvalue weighted by Crippen LogP contribution is 2.41. The van der Waals surface area contributed by atoms with Crippen LogP contribution in [0.5, 0.6) is 0 Å². The Bertz CT molecular complexity index is 482. The van der Waals surface area contributed by atoms with Gasteiger partial charge < -0.3 is 10.0 Å². The molecule has 2 aliphatic rings. The van der Waals surface area contributed by atoms with Crippen LogP contribution in [0.1, 0.15) is 55.8 Å². The van der Waals surface area contributed by atoms with Gasteiger partial charge in [-0.05, 0) is 56.4 Å². The van der Waals surface area contributed by atoms with Crippen LogP contribution in [0.25, 0.3) is 0 Å². The molecule has 0 aromatic heterocycles. The van der Waals surface area contributed by atoms with Gasteiger partial charge in [-0.25, -0.2) is 4.79 Å². The van der Waals surface area contributed by atoms with Crippen LogP contribution in [-0.4, -0.2) is 23.2 Å². The van der Waals surface area contributed by atoms with Gasteiger partial charge in [0, 0.05) is 17.8 Å². The summed E-state index contributed by atoms with van der Waals surface area (Å²) in [5, 5.41) is 9.00. The summed E-state index contributed by atoms with van der Waals surface area (Å²) in [6.45, 7) is 2.31. The molecule has 3 heteroatoms. The maximum Gasteiger partial charge on any atom is 0.335 e. The van der Waals surface area contributed by atoms with Crippen LogP contribution < -0.4 is 4.90 Å².